The Morgan fingerprint density at radius 2 is 0.786 bits per heavy atom. The summed E-state index contributed by atoms with van der Waals surface area (Å²) in [4.78, 5) is 0. The molecule has 0 unspecified atom stereocenters. The standard InChI is InChI=1S/C24H34O4/c1-11(2)15-9-17(25)21(19(13(5)6)23(15)27)22-18(26)10-16(12(3)4)24(28)20(22)14(7)8/h9-14,25-28H,1-8H3. The first-order chi connectivity index (χ1) is 12.9. The number of rotatable bonds is 5. The maximum Gasteiger partial charge on any atom is 0.124 e. The van der Waals surface area contributed by atoms with Crippen LogP contribution in [0.15, 0.2) is 12.1 Å². The Morgan fingerprint density at radius 1 is 0.500 bits per heavy atom. The van der Waals surface area contributed by atoms with Gasteiger partial charge in [-0.1, -0.05) is 55.4 Å². The summed E-state index contributed by atoms with van der Waals surface area (Å²) in [6.07, 6.45) is 0. The van der Waals surface area contributed by atoms with Crippen LogP contribution in [0.4, 0.5) is 0 Å². The van der Waals surface area contributed by atoms with Crippen LogP contribution in [-0.4, -0.2) is 20.4 Å². The Kier molecular flexibility index (Phi) is 6.22. The molecule has 4 nitrogen and oxygen atoms in total. The van der Waals surface area contributed by atoms with Gasteiger partial charge in [-0.25, -0.2) is 0 Å². The second-order valence-corrected chi connectivity index (χ2v) is 8.86. The highest BCUT2D eigenvalue weighted by atomic mass is 16.3. The summed E-state index contributed by atoms with van der Waals surface area (Å²) in [5.41, 5.74) is 3.28. The predicted octanol–water partition coefficient (Wildman–Crippen LogP) is 6.67. The van der Waals surface area contributed by atoms with Crippen LogP contribution in [0, 0.1) is 0 Å². The van der Waals surface area contributed by atoms with E-state index >= 15 is 0 Å². The van der Waals surface area contributed by atoms with Crippen molar-refractivity contribution < 1.29 is 20.4 Å². The van der Waals surface area contributed by atoms with Crippen LogP contribution in [0.2, 0.25) is 0 Å². The molecule has 0 aliphatic heterocycles. The van der Waals surface area contributed by atoms with Crippen LogP contribution in [0.5, 0.6) is 23.0 Å². The molecule has 0 fully saturated rings. The van der Waals surface area contributed by atoms with Gasteiger partial charge in [0.25, 0.3) is 0 Å². The fraction of sp³-hybridized carbons (Fsp3) is 0.500. The zero-order valence-electron chi connectivity index (χ0n) is 18.3. The van der Waals surface area contributed by atoms with Gasteiger partial charge in [0, 0.05) is 33.4 Å². The summed E-state index contributed by atoms with van der Waals surface area (Å²) >= 11 is 0. The Morgan fingerprint density at radius 3 is 1.00 bits per heavy atom. The first kappa shape index (κ1) is 21.9. The maximum atomic E-state index is 11.0. The summed E-state index contributed by atoms with van der Waals surface area (Å²) in [6, 6.07) is 3.14. The van der Waals surface area contributed by atoms with Crippen molar-refractivity contribution in [3.63, 3.8) is 0 Å². The normalized spacial score (nSPS) is 12.0. The van der Waals surface area contributed by atoms with E-state index < -0.39 is 0 Å². The zero-order chi connectivity index (χ0) is 21.5. The molecule has 2 aromatic carbocycles. The van der Waals surface area contributed by atoms with Crippen molar-refractivity contribution in [1.82, 2.24) is 0 Å². The molecule has 0 saturated heterocycles. The molecule has 2 aromatic rings. The van der Waals surface area contributed by atoms with Gasteiger partial charge in [-0.05, 0) is 35.8 Å². The third-order valence-electron chi connectivity index (χ3n) is 5.34. The van der Waals surface area contributed by atoms with Crippen molar-refractivity contribution in [1.29, 1.82) is 0 Å². The van der Waals surface area contributed by atoms with E-state index in [1.54, 1.807) is 12.1 Å². The maximum absolute atomic E-state index is 11.0. The molecule has 28 heavy (non-hydrogen) atoms. The minimum atomic E-state index is -0.0917. The van der Waals surface area contributed by atoms with Gasteiger partial charge in [-0.3, -0.25) is 0 Å². The molecule has 0 spiro atoms. The SMILES string of the molecule is CC(C)c1cc(O)c(-c2c(O)cc(C(C)C)c(O)c2C(C)C)c(C(C)C)c1O. The van der Waals surface area contributed by atoms with Crippen molar-refractivity contribution >= 4 is 0 Å². The Balaban J connectivity index is 3.04. The average Bonchev–Trinajstić information content (AvgIpc) is 2.56. The lowest BCUT2D eigenvalue weighted by atomic mass is 9.81. The Hall–Kier alpha value is -2.36. The molecule has 0 radical (unpaired) electrons. The fourth-order valence-corrected chi connectivity index (χ4v) is 3.93. The van der Waals surface area contributed by atoms with Gasteiger partial charge < -0.3 is 20.4 Å². The highest BCUT2D eigenvalue weighted by Crippen LogP contribution is 2.53. The molecule has 0 aromatic heterocycles. The van der Waals surface area contributed by atoms with E-state index in [9.17, 15) is 20.4 Å². The molecule has 154 valence electrons. The van der Waals surface area contributed by atoms with E-state index in [2.05, 4.69) is 0 Å². The van der Waals surface area contributed by atoms with Crippen molar-refractivity contribution in [3.05, 3.63) is 34.4 Å². The van der Waals surface area contributed by atoms with Crippen LogP contribution in [0.3, 0.4) is 0 Å². The minimum absolute atomic E-state index is 0.000836. The second kappa shape index (κ2) is 7.94. The van der Waals surface area contributed by atoms with Crippen LogP contribution >= 0.6 is 0 Å². The summed E-state index contributed by atoms with van der Waals surface area (Å²) in [5.74, 6) is 0.161. The van der Waals surface area contributed by atoms with E-state index in [1.807, 2.05) is 55.4 Å². The third-order valence-corrected chi connectivity index (χ3v) is 5.34. The van der Waals surface area contributed by atoms with E-state index in [4.69, 9.17) is 0 Å². The topological polar surface area (TPSA) is 80.9 Å². The fourth-order valence-electron chi connectivity index (χ4n) is 3.93. The number of benzene rings is 2. The number of hydrogen-bond donors (Lipinski definition) is 4. The largest absolute Gasteiger partial charge is 0.507 e. The summed E-state index contributed by atoms with van der Waals surface area (Å²) < 4.78 is 0. The van der Waals surface area contributed by atoms with Gasteiger partial charge >= 0.3 is 0 Å². The summed E-state index contributed by atoms with van der Waals surface area (Å²) in [5, 5.41) is 43.8. The lowest BCUT2D eigenvalue weighted by Crippen LogP contribution is -2.04. The van der Waals surface area contributed by atoms with Gasteiger partial charge in [0.15, 0.2) is 0 Å². The van der Waals surface area contributed by atoms with Crippen LogP contribution in [-0.2, 0) is 0 Å². The van der Waals surface area contributed by atoms with Crippen molar-refractivity contribution in [2.75, 3.05) is 0 Å². The third kappa shape index (κ3) is 3.65. The second-order valence-electron chi connectivity index (χ2n) is 8.86. The van der Waals surface area contributed by atoms with Crippen molar-refractivity contribution in [2.24, 2.45) is 0 Å². The molecule has 0 bridgehead atoms. The molecule has 0 saturated carbocycles. The van der Waals surface area contributed by atoms with Gasteiger partial charge in [-0.15, -0.1) is 0 Å². The molecule has 4 N–H and O–H groups in total. The Labute approximate surface area is 168 Å². The highest BCUT2D eigenvalue weighted by Gasteiger charge is 2.29. The van der Waals surface area contributed by atoms with Crippen LogP contribution in [0.25, 0.3) is 11.1 Å². The summed E-state index contributed by atoms with van der Waals surface area (Å²) in [6.45, 7) is 15.6. The van der Waals surface area contributed by atoms with E-state index in [0.717, 1.165) is 0 Å². The first-order valence-corrected chi connectivity index (χ1v) is 10.1. The minimum Gasteiger partial charge on any atom is -0.507 e. The molecule has 2 rings (SSSR count). The zero-order valence-corrected chi connectivity index (χ0v) is 18.3. The quantitative estimate of drug-likeness (QED) is 0.433. The van der Waals surface area contributed by atoms with Crippen molar-refractivity contribution in [3.8, 4) is 34.1 Å². The molecular weight excluding hydrogens is 352 g/mol. The summed E-state index contributed by atoms with van der Waals surface area (Å²) in [7, 11) is 0. The average molecular weight is 387 g/mol. The molecule has 0 aliphatic carbocycles. The van der Waals surface area contributed by atoms with E-state index in [1.165, 1.54) is 0 Å². The van der Waals surface area contributed by atoms with Gasteiger partial charge in [0.05, 0.1) is 0 Å². The van der Waals surface area contributed by atoms with E-state index in [-0.39, 0.29) is 46.7 Å². The van der Waals surface area contributed by atoms with Gasteiger partial charge in [0.2, 0.25) is 0 Å². The molecular formula is C24H34O4. The first-order valence-electron chi connectivity index (χ1n) is 10.1. The van der Waals surface area contributed by atoms with Gasteiger partial charge in [0.1, 0.15) is 23.0 Å². The number of aromatic hydroxyl groups is 4. The molecule has 0 heterocycles. The number of phenols is 4. The van der Waals surface area contributed by atoms with E-state index in [0.29, 0.717) is 33.4 Å². The highest BCUT2D eigenvalue weighted by molar-refractivity contribution is 5.86. The smallest absolute Gasteiger partial charge is 0.124 e. The lowest BCUT2D eigenvalue weighted by Gasteiger charge is -2.26. The number of hydrogen-bond acceptors (Lipinski definition) is 4. The monoisotopic (exact) mass is 386 g/mol. The lowest BCUT2D eigenvalue weighted by molar-refractivity contribution is 0.437. The molecule has 0 atom stereocenters. The molecule has 0 aliphatic rings. The van der Waals surface area contributed by atoms with Crippen molar-refractivity contribution in [2.45, 2.75) is 79.1 Å². The number of phenolic OH excluding ortho intramolecular Hbond substituents is 4. The predicted molar refractivity (Wildman–Crippen MR) is 115 cm³/mol. The Bertz CT molecular complexity index is 804. The molecule has 0 amide bonds. The van der Waals surface area contributed by atoms with Crippen LogP contribution < -0.4 is 0 Å². The van der Waals surface area contributed by atoms with Gasteiger partial charge in [-0.2, -0.15) is 0 Å². The molecule has 4 heteroatoms. The van der Waals surface area contributed by atoms with Crippen LogP contribution in [0.1, 0.15) is 101 Å².